The van der Waals surface area contributed by atoms with E-state index in [4.69, 9.17) is 18.9 Å². The summed E-state index contributed by atoms with van der Waals surface area (Å²) in [5, 5.41) is 105. The Morgan fingerprint density at radius 2 is 1.22 bits per heavy atom. The highest BCUT2D eigenvalue weighted by molar-refractivity contribution is 6.12. The van der Waals surface area contributed by atoms with Gasteiger partial charge in [0.15, 0.2) is 29.1 Å². The maximum atomic E-state index is 13.5. The van der Waals surface area contributed by atoms with Crippen molar-refractivity contribution >= 4 is 17.7 Å². The number of esters is 2. The second-order valence-electron chi connectivity index (χ2n) is 11.2. The summed E-state index contributed by atoms with van der Waals surface area (Å²) >= 11 is 0. The average Bonchev–Trinajstić information content (AvgIpc) is 3.09. The Morgan fingerprint density at radius 1 is 0.680 bits per heavy atom. The molecule has 4 aromatic carbocycles. The summed E-state index contributed by atoms with van der Waals surface area (Å²) in [7, 11) is 0. The Balaban J connectivity index is 1.36. The first-order valence-corrected chi connectivity index (χ1v) is 14.5. The van der Waals surface area contributed by atoms with Gasteiger partial charge in [-0.25, -0.2) is 9.59 Å². The van der Waals surface area contributed by atoms with Crippen LogP contribution in [0.2, 0.25) is 0 Å². The highest BCUT2D eigenvalue weighted by Crippen LogP contribution is 2.53. The topological polar surface area (TPSA) is 290 Å². The largest absolute Gasteiger partial charge is 0.507 e. The molecule has 10 N–H and O–H groups in total. The van der Waals surface area contributed by atoms with E-state index in [1.165, 1.54) is 12.1 Å². The van der Waals surface area contributed by atoms with E-state index in [2.05, 4.69) is 0 Å². The minimum Gasteiger partial charge on any atom is -0.507 e. The molecule has 1 fully saturated rings. The van der Waals surface area contributed by atoms with Crippen molar-refractivity contribution in [1.82, 2.24) is 0 Å². The van der Waals surface area contributed by atoms with E-state index in [-0.39, 0.29) is 11.3 Å². The van der Waals surface area contributed by atoms with E-state index in [9.17, 15) is 65.4 Å². The Kier molecular flexibility index (Phi) is 8.40. The third-order valence-electron chi connectivity index (χ3n) is 8.05. The van der Waals surface area contributed by atoms with Crippen molar-refractivity contribution in [3.05, 3.63) is 76.9 Å². The second kappa shape index (κ2) is 12.5. The lowest BCUT2D eigenvalue weighted by molar-refractivity contribution is -0.276. The van der Waals surface area contributed by atoms with Gasteiger partial charge in [0.05, 0.1) is 11.1 Å². The standard InChI is InChI=1S/C33H26O17/c34-15-6-12(7-16(35)22(15)23(38)11-4-2-1-3-5-11)48-33-29(44)28(43)30-19(49-33)10-47-31(45)13-8-17(36)24(39)26(41)20(13)21-14(32(46)50-30)9-18(37)25(40)27(21)42/h1-9,19,28-30,33-37,39-44H,10H2/t19-,28+,29+,30+,33+/m0/s1. The Labute approximate surface area is 279 Å². The molecule has 2 heterocycles. The van der Waals surface area contributed by atoms with Gasteiger partial charge in [0.1, 0.15) is 47.7 Å². The number of phenolic OH excluding ortho intramolecular Hbond substituents is 8. The molecular formula is C33H26O17. The summed E-state index contributed by atoms with van der Waals surface area (Å²) in [5.74, 6) is -12.5. The summed E-state index contributed by atoms with van der Waals surface area (Å²) < 4.78 is 21.9. The molecule has 17 nitrogen and oxygen atoms in total. The first-order valence-electron chi connectivity index (χ1n) is 14.5. The number of rotatable bonds is 4. The number of aromatic hydroxyl groups is 8. The molecule has 2 aliphatic rings. The van der Waals surface area contributed by atoms with Crippen LogP contribution in [0.5, 0.6) is 51.7 Å². The monoisotopic (exact) mass is 694 g/mol. The van der Waals surface area contributed by atoms with E-state index in [1.54, 1.807) is 18.2 Å². The van der Waals surface area contributed by atoms with Crippen LogP contribution in [0.25, 0.3) is 11.1 Å². The van der Waals surface area contributed by atoms with Crippen LogP contribution in [0, 0.1) is 0 Å². The second-order valence-corrected chi connectivity index (χ2v) is 11.2. The lowest BCUT2D eigenvalue weighted by Gasteiger charge is -2.41. The lowest BCUT2D eigenvalue weighted by Crippen LogP contribution is -2.61. The third kappa shape index (κ3) is 5.60. The molecule has 17 heteroatoms. The number of phenols is 8. The maximum Gasteiger partial charge on any atom is 0.339 e. The third-order valence-corrected chi connectivity index (χ3v) is 8.05. The van der Waals surface area contributed by atoms with Crippen molar-refractivity contribution in [3.8, 4) is 62.9 Å². The molecule has 5 atom stereocenters. The first kappa shape index (κ1) is 33.5. The zero-order chi connectivity index (χ0) is 36.2. The van der Waals surface area contributed by atoms with E-state index >= 15 is 0 Å². The van der Waals surface area contributed by atoms with Gasteiger partial charge in [0.25, 0.3) is 0 Å². The van der Waals surface area contributed by atoms with Crippen molar-refractivity contribution in [1.29, 1.82) is 0 Å². The number of hydrogen-bond acceptors (Lipinski definition) is 17. The summed E-state index contributed by atoms with van der Waals surface area (Å²) in [6.07, 6.45) is -9.58. The van der Waals surface area contributed by atoms with Crippen molar-refractivity contribution in [2.24, 2.45) is 0 Å². The molecule has 6 rings (SSSR count). The minimum atomic E-state index is -2.09. The van der Waals surface area contributed by atoms with E-state index < -0.39 is 129 Å². The molecule has 50 heavy (non-hydrogen) atoms. The van der Waals surface area contributed by atoms with Gasteiger partial charge in [-0.05, 0) is 12.1 Å². The van der Waals surface area contributed by atoms with Gasteiger partial charge in [-0.3, -0.25) is 4.79 Å². The molecule has 0 aromatic heterocycles. The number of aliphatic hydroxyl groups excluding tert-OH is 2. The van der Waals surface area contributed by atoms with Gasteiger partial charge in [0.2, 0.25) is 23.6 Å². The van der Waals surface area contributed by atoms with Crippen molar-refractivity contribution in [2.45, 2.75) is 30.7 Å². The fraction of sp³-hybridized carbons (Fsp3) is 0.182. The average molecular weight is 695 g/mol. The fourth-order valence-electron chi connectivity index (χ4n) is 5.58. The molecule has 0 radical (unpaired) electrons. The number of cyclic esters (lactones) is 1. The van der Waals surface area contributed by atoms with Gasteiger partial charge >= 0.3 is 11.9 Å². The number of benzene rings is 4. The number of aliphatic hydroxyl groups is 2. The van der Waals surface area contributed by atoms with E-state index in [0.29, 0.717) is 12.1 Å². The maximum absolute atomic E-state index is 13.5. The zero-order valence-electron chi connectivity index (χ0n) is 25.1. The summed E-state index contributed by atoms with van der Waals surface area (Å²) in [6.45, 7) is -0.887. The number of ketones is 1. The van der Waals surface area contributed by atoms with Crippen LogP contribution in [0.4, 0.5) is 0 Å². The summed E-state index contributed by atoms with van der Waals surface area (Å²) in [4.78, 5) is 39.8. The van der Waals surface area contributed by atoms with Crippen molar-refractivity contribution < 1.29 is 84.4 Å². The molecule has 260 valence electrons. The fourth-order valence-corrected chi connectivity index (χ4v) is 5.58. The molecular weight excluding hydrogens is 668 g/mol. The quantitative estimate of drug-likeness (QED) is 0.0821. The number of hydrogen-bond donors (Lipinski definition) is 10. The normalized spacial score (nSPS) is 21.8. The molecule has 0 amide bonds. The molecule has 0 bridgehead atoms. The van der Waals surface area contributed by atoms with Crippen LogP contribution in [0.1, 0.15) is 36.6 Å². The lowest BCUT2D eigenvalue weighted by atomic mass is 9.92. The highest BCUT2D eigenvalue weighted by atomic mass is 16.7. The molecule has 1 saturated heterocycles. The van der Waals surface area contributed by atoms with Gasteiger partial charge in [0, 0.05) is 28.8 Å². The van der Waals surface area contributed by atoms with Crippen LogP contribution in [-0.2, 0) is 14.2 Å². The van der Waals surface area contributed by atoms with Gasteiger partial charge < -0.3 is 70.0 Å². The number of fused-ring (bicyclic) bond motifs is 4. The molecule has 0 unspecified atom stereocenters. The van der Waals surface area contributed by atoms with Gasteiger partial charge in [-0.2, -0.15) is 0 Å². The summed E-state index contributed by atoms with van der Waals surface area (Å²) in [5.41, 5.74) is -3.64. The van der Waals surface area contributed by atoms with Crippen molar-refractivity contribution in [3.63, 3.8) is 0 Å². The van der Waals surface area contributed by atoms with Crippen molar-refractivity contribution in [2.75, 3.05) is 6.61 Å². The van der Waals surface area contributed by atoms with Crippen LogP contribution in [0.3, 0.4) is 0 Å². The Bertz CT molecular complexity index is 2020. The number of carbonyl (C=O) groups excluding carboxylic acids is 3. The molecule has 2 aliphatic heterocycles. The number of ether oxygens (including phenoxy) is 4. The zero-order valence-corrected chi connectivity index (χ0v) is 25.1. The highest BCUT2D eigenvalue weighted by Gasteiger charge is 2.49. The number of carbonyl (C=O) groups is 3. The van der Waals surface area contributed by atoms with Crippen LogP contribution in [-0.4, -0.2) is 106 Å². The Morgan fingerprint density at radius 3 is 1.78 bits per heavy atom. The van der Waals surface area contributed by atoms with Crippen LogP contribution < -0.4 is 4.74 Å². The van der Waals surface area contributed by atoms with Gasteiger partial charge in [-0.15, -0.1) is 0 Å². The molecule has 0 spiro atoms. The molecule has 0 aliphatic carbocycles. The van der Waals surface area contributed by atoms with Crippen LogP contribution >= 0.6 is 0 Å². The summed E-state index contributed by atoms with van der Waals surface area (Å²) in [6, 6.07) is 10.7. The predicted octanol–water partition coefficient (Wildman–Crippen LogP) is 1.45. The van der Waals surface area contributed by atoms with E-state index in [1.807, 2.05) is 0 Å². The SMILES string of the molecule is O=C1OC[C@@H]2O[C@@H](Oc3cc(O)c(C(=O)c4ccccc4)c(O)c3)[C@H](O)[C@@H](O)[C@@H]2OC(=O)c2cc(O)c(O)c(O)c2-c2c1cc(O)c(O)c2O. The molecule has 0 saturated carbocycles. The Hall–Kier alpha value is -6.43. The van der Waals surface area contributed by atoms with Crippen LogP contribution in [0.15, 0.2) is 54.6 Å². The van der Waals surface area contributed by atoms with Gasteiger partial charge in [-0.1, -0.05) is 30.3 Å². The minimum absolute atomic E-state index is 0.151. The molecule has 4 aromatic rings. The smallest absolute Gasteiger partial charge is 0.339 e. The first-order chi connectivity index (χ1) is 23.7. The predicted molar refractivity (Wildman–Crippen MR) is 162 cm³/mol. The van der Waals surface area contributed by atoms with E-state index in [0.717, 1.165) is 12.1 Å².